The van der Waals surface area contributed by atoms with Crippen LogP contribution in [0.1, 0.15) is 24.6 Å². The first-order valence-electron chi connectivity index (χ1n) is 6.95. The summed E-state index contributed by atoms with van der Waals surface area (Å²) in [5.41, 5.74) is 1.63. The van der Waals surface area contributed by atoms with Gasteiger partial charge in [-0.05, 0) is 25.8 Å². The third-order valence-electron chi connectivity index (χ3n) is 4.40. The molecule has 2 aromatic rings. The zero-order chi connectivity index (χ0) is 16.1. The average Bonchev–Trinajstić information content (AvgIpc) is 3.01. The molecule has 0 unspecified atom stereocenters. The summed E-state index contributed by atoms with van der Waals surface area (Å²) < 4.78 is 34.4. The average molecular weight is 326 g/mol. The number of hydrogen-bond donors (Lipinski definition) is 2. The van der Waals surface area contributed by atoms with E-state index in [2.05, 4.69) is 9.97 Å². The molecule has 8 nitrogen and oxygen atoms in total. The number of likely N-dealkylation sites (N-methyl/N-ethyl adjacent to an activating group) is 1. The summed E-state index contributed by atoms with van der Waals surface area (Å²) >= 11 is 0. The summed E-state index contributed by atoms with van der Waals surface area (Å²) in [7, 11) is -3.05. The van der Waals surface area contributed by atoms with Gasteiger partial charge >= 0.3 is 10.3 Å². The molecule has 0 radical (unpaired) electrons. The Bertz CT molecular complexity index is 803. The van der Waals surface area contributed by atoms with E-state index in [1.165, 1.54) is 13.4 Å². The second-order valence-electron chi connectivity index (χ2n) is 5.67. The number of aliphatic hydroxyl groups is 1. The molecule has 0 aliphatic heterocycles. The topological polar surface area (TPSA) is 109 Å². The number of fused-ring (bicyclic) bond motifs is 1. The summed E-state index contributed by atoms with van der Waals surface area (Å²) in [5.74, 6) is 0. The van der Waals surface area contributed by atoms with Gasteiger partial charge in [-0.25, -0.2) is 9.97 Å². The molecule has 120 valence electrons. The maximum atomic E-state index is 11.3. The predicted octanol–water partition coefficient (Wildman–Crippen LogP) is 0.539. The summed E-state index contributed by atoms with van der Waals surface area (Å²) in [4.78, 5) is 8.42. The normalized spacial score (nSPS) is 26.1. The van der Waals surface area contributed by atoms with E-state index in [0.29, 0.717) is 12.8 Å². The molecule has 1 aliphatic carbocycles. The number of rotatable bonds is 3. The molecular weight excluding hydrogens is 308 g/mol. The molecule has 9 heteroatoms. The SMILES string of the molecule is Cc1ncnc2c1ccn2[C@H]1C[C@H](O)[C@@H](N(C)S(=O)(=O)O)C1. The van der Waals surface area contributed by atoms with Gasteiger partial charge in [0.15, 0.2) is 0 Å². The van der Waals surface area contributed by atoms with Crippen molar-refractivity contribution < 1.29 is 18.1 Å². The summed E-state index contributed by atoms with van der Waals surface area (Å²) in [6.45, 7) is 1.90. The second-order valence-corrected chi connectivity index (χ2v) is 7.14. The van der Waals surface area contributed by atoms with Crippen LogP contribution in [0.2, 0.25) is 0 Å². The number of aromatic nitrogens is 3. The van der Waals surface area contributed by atoms with Gasteiger partial charge in [0, 0.05) is 24.7 Å². The molecule has 22 heavy (non-hydrogen) atoms. The van der Waals surface area contributed by atoms with E-state index in [1.54, 1.807) is 0 Å². The highest BCUT2D eigenvalue weighted by Crippen LogP contribution is 2.35. The Morgan fingerprint density at radius 2 is 2.09 bits per heavy atom. The fourth-order valence-electron chi connectivity index (χ4n) is 3.15. The quantitative estimate of drug-likeness (QED) is 0.797. The number of aliphatic hydroxyl groups excluding tert-OH is 1. The van der Waals surface area contributed by atoms with Crippen LogP contribution in [0.15, 0.2) is 18.6 Å². The van der Waals surface area contributed by atoms with Crippen molar-refractivity contribution in [2.45, 2.75) is 38.0 Å². The first-order chi connectivity index (χ1) is 10.3. The monoisotopic (exact) mass is 326 g/mol. The van der Waals surface area contributed by atoms with E-state index >= 15 is 0 Å². The standard InChI is InChI=1S/C13H18N4O4S/c1-8-10-3-4-17(13(10)15-7-14-8)9-5-11(12(18)6-9)16(2)22(19,20)21/h3-4,7,9,11-12,18H,5-6H2,1-2H3,(H,19,20,21)/t9-,11+,12+/m1/s1. The van der Waals surface area contributed by atoms with Crippen molar-refractivity contribution in [3.05, 3.63) is 24.3 Å². The number of nitrogens with zero attached hydrogens (tertiary/aromatic N) is 4. The minimum absolute atomic E-state index is 0.0870. The molecular formula is C13H18N4O4S. The van der Waals surface area contributed by atoms with Crippen molar-refractivity contribution in [3.8, 4) is 0 Å². The highest BCUT2D eigenvalue weighted by Gasteiger charge is 2.40. The zero-order valence-electron chi connectivity index (χ0n) is 12.3. The Morgan fingerprint density at radius 1 is 1.36 bits per heavy atom. The van der Waals surface area contributed by atoms with Crippen LogP contribution in [0.4, 0.5) is 0 Å². The van der Waals surface area contributed by atoms with Crippen molar-refractivity contribution in [3.63, 3.8) is 0 Å². The van der Waals surface area contributed by atoms with Crippen molar-refractivity contribution in [1.29, 1.82) is 0 Å². The molecule has 0 amide bonds. The molecule has 0 bridgehead atoms. The van der Waals surface area contributed by atoms with E-state index in [4.69, 9.17) is 4.55 Å². The molecule has 3 rings (SSSR count). The molecule has 2 heterocycles. The van der Waals surface area contributed by atoms with Gasteiger partial charge in [-0.15, -0.1) is 0 Å². The lowest BCUT2D eigenvalue weighted by molar-refractivity contribution is 0.117. The minimum Gasteiger partial charge on any atom is -0.391 e. The Morgan fingerprint density at radius 3 is 2.77 bits per heavy atom. The maximum Gasteiger partial charge on any atom is 0.335 e. The molecule has 0 saturated heterocycles. The second kappa shape index (κ2) is 5.27. The summed E-state index contributed by atoms with van der Waals surface area (Å²) in [6, 6.07) is 1.17. The van der Waals surface area contributed by atoms with E-state index in [9.17, 15) is 13.5 Å². The maximum absolute atomic E-state index is 11.3. The van der Waals surface area contributed by atoms with Gasteiger partial charge < -0.3 is 9.67 Å². The smallest absolute Gasteiger partial charge is 0.335 e. The number of aryl methyl sites for hydroxylation is 1. The lowest BCUT2D eigenvalue weighted by Crippen LogP contribution is -2.41. The van der Waals surface area contributed by atoms with Crippen molar-refractivity contribution in [1.82, 2.24) is 18.8 Å². The molecule has 0 aromatic carbocycles. The van der Waals surface area contributed by atoms with Crippen LogP contribution in [0, 0.1) is 6.92 Å². The van der Waals surface area contributed by atoms with Gasteiger partial charge in [0.2, 0.25) is 0 Å². The van der Waals surface area contributed by atoms with Crippen LogP contribution in [-0.2, 0) is 10.3 Å². The Hall–Kier alpha value is -1.55. The first kappa shape index (κ1) is 15.3. The lowest BCUT2D eigenvalue weighted by atomic mass is 10.2. The molecule has 2 N–H and O–H groups in total. The van der Waals surface area contributed by atoms with Gasteiger partial charge in [0.25, 0.3) is 0 Å². The molecule has 1 aliphatic rings. The summed E-state index contributed by atoms with van der Waals surface area (Å²) in [6.07, 6.45) is 3.33. The van der Waals surface area contributed by atoms with Crippen LogP contribution in [-0.4, -0.2) is 56.1 Å². The summed E-state index contributed by atoms with van der Waals surface area (Å²) in [5, 5.41) is 11.1. The Kier molecular flexibility index (Phi) is 3.68. The zero-order valence-corrected chi connectivity index (χ0v) is 13.1. The van der Waals surface area contributed by atoms with Crippen molar-refractivity contribution in [2.75, 3.05) is 7.05 Å². The first-order valence-corrected chi connectivity index (χ1v) is 8.35. The predicted molar refractivity (Wildman–Crippen MR) is 79.6 cm³/mol. The van der Waals surface area contributed by atoms with E-state index < -0.39 is 22.4 Å². The van der Waals surface area contributed by atoms with Crippen LogP contribution in [0.25, 0.3) is 11.0 Å². The minimum atomic E-state index is -4.32. The molecule has 2 aromatic heterocycles. The number of hydrogen-bond acceptors (Lipinski definition) is 5. The fourth-order valence-corrected chi connectivity index (χ4v) is 3.72. The van der Waals surface area contributed by atoms with Crippen molar-refractivity contribution >= 4 is 21.3 Å². The largest absolute Gasteiger partial charge is 0.391 e. The molecule has 1 saturated carbocycles. The molecule has 1 fully saturated rings. The van der Waals surface area contributed by atoms with Gasteiger partial charge in [-0.3, -0.25) is 4.55 Å². The lowest BCUT2D eigenvalue weighted by Gasteiger charge is -2.23. The highest BCUT2D eigenvalue weighted by atomic mass is 32.2. The van der Waals surface area contributed by atoms with Crippen LogP contribution < -0.4 is 0 Å². The van der Waals surface area contributed by atoms with Gasteiger partial charge in [0.1, 0.15) is 12.0 Å². The van der Waals surface area contributed by atoms with E-state index in [0.717, 1.165) is 21.0 Å². The van der Waals surface area contributed by atoms with Gasteiger partial charge in [0.05, 0.1) is 17.8 Å². The highest BCUT2D eigenvalue weighted by molar-refractivity contribution is 7.83. The van der Waals surface area contributed by atoms with E-state index in [1.807, 2.05) is 23.8 Å². The molecule has 0 spiro atoms. The van der Waals surface area contributed by atoms with Crippen LogP contribution in [0.5, 0.6) is 0 Å². The van der Waals surface area contributed by atoms with Crippen LogP contribution >= 0.6 is 0 Å². The van der Waals surface area contributed by atoms with Crippen LogP contribution in [0.3, 0.4) is 0 Å². The van der Waals surface area contributed by atoms with Gasteiger partial charge in [-0.2, -0.15) is 12.7 Å². The van der Waals surface area contributed by atoms with Gasteiger partial charge in [-0.1, -0.05) is 0 Å². The van der Waals surface area contributed by atoms with E-state index in [-0.39, 0.29) is 6.04 Å². The fraction of sp³-hybridized carbons (Fsp3) is 0.538. The Balaban J connectivity index is 1.92. The third-order valence-corrected chi connectivity index (χ3v) is 5.40. The van der Waals surface area contributed by atoms with Crippen molar-refractivity contribution in [2.24, 2.45) is 0 Å². The Labute approximate surface area is 128 Å². The third kappa shape index (κ3) is 2.50. The molecule has 3 atom stereocenters.